The zero-order chi connectivity index (χ0) is 8.55. The Hall–Kier alpha value is -1.44. The highest BCUT2D eigenvalue weighted by atomic mass is 19.1. The fraction of sp³-hybridized carbons (Fsp3) is 0. The van der Waals surface area contributed by atoms with E-state index in [1.54, 1.807) is 0 Å². The minimum atomic E-state index is -0.353. The van der Waals surface area contributed by atoms with Gasteiger partial charge in [0.05, 0.1) is 0 Å². The van der Waals surface area contributed by atoms with Crippen LogP contribution in [0.4, 0.5) is 8.78 Å². The average molecular weight is 163 g/mol. The third kappa shape index (κ3) is 1.16. The van der Waals surface area contributed by atoms with Gasteiger partial charge in [-0.15, -0.1) is 0 Å². The van der Waals surface area contributed by atoms with Gasteiger partial charge in [-0.2, -0.15) is 0 Å². The lowest BCUT2D eigenvalue weighted by Gasteiger charge is -1.96. The Morgan fingerprint density at radius 3 is 2.67 bits per heavy atom. The van der Waals surface area contributed by atoms with Gasteiger partial charge in [0.2, 0.25) is 0 Å². The molecule has 2 heteroatoms. The van der Waals surface area contributed by atoms with E-state index in [1.807, 2.05) is 0 Å². The van der Waals surface area contributed by atoms with E-state index in [9.17, 15) is 8.78 Å². The summed E-state index contributed by atoms with van der Waals surface area (Å²) in [4.78, 5) is 0. The second-order valence-electron chi connectivity index (χ2n) is 2.55. The van der Waals surface area contributed by atoms with Crippen LogP contribution in [0.3, 0.4) is 0 Å². The number of hydrogen-bond donors (Lipinski definition) is 0. The van der Waals surface area contributed by atoms with Crippen LogP contribution in [0.1, 0.15) is 0 Å². The fourth-order valence-electron chi connectivity index (χ4n) is 1.12. The molecule has 0 bridgehead atoms. The van der Waals surface area contributed by atoms with Crippen molar-refractivity contribution in [2.45, 2.75) is 0 Å². The van der Waals surface area contributed by atoms with Crippen molar-refractivity contribution in [3.05, 3.63) is 48.0 Å². The molecular formula is C10H5F2. The molecule has 0 aliphatic heterocycles. The lowest BCUT2D eigenvalue weighted by molar-refractivity contribution is 0.626. The Morgan fingerprint density at radius 2 is 1.83 bits per heavy atom. The average Bonchev–Trinajstić information content (AvgIpc) is 2.05. The maximum Gasteiger partial charge on any atom is 0.124 e. The lowest BCUT2D eigenvalue weighted by atomic mass is 10.1. The highest BCUT2D eigenvalue weighted by molar-refractivity contribution is 5.81. The first-order chi connectivity index (χ1) is 5.75. The zero-order valence-corrected chi connectivity index (χ0v) is 6.14. The molecule has 0 nitrogen and oxygen atoms in total. The Labute approximate surface area is 68.4 Å². The van der Waals surface area contributed by atoms with Gasteiger partial charge in [0, 0.05) is 0 Å². The van der Waals surface area contributed by atoms with E-state index in [0.29, 0.717) is 10.8 Å². The van der Waals surface area contributed by atoms with E-state index < -0.39 is 0 Å². The number of halogens is 2. The van der Waals surface area contributed by atoms with Crippen LogP contribution in [-0.4, -0.2) is 0 Å². The van der Waals surface area contributed by atoms with Crippen LogP contribution in [0.15, 0.2) is 30.3 Å². The second kappa shape index (κ2) is 2.55. The van der Waals surface area contributed by atoms with Crippen molar-refractivity contribution >= 4 is 10.8 Å². The van der Waals surface area contributed by atoms with Crippen molar-refractivity contribution in [2.24, 2.45) is 0 Å². The molecule has 0 atom stereocenters. The van der Waals surface area contributed by atoms with Gasteiger partial charge in [0.15, 0.2) is 0 Å². The molecule has 0 heterocycles. The van der Waals surface area contributed by atoms with Crippen molar-refractivity contribution in [1.29, 1.82) is 0 Å². The highest BCUT2D eigenvalue weighted by Gasteiger charge is 1.96. The minimum Gasteiger partial charge on any atom is -0.207 e. The summed E-state index contributed by atoms with van der Waals surface area (Å²) in [6.45, 7) is 0. The summed E-state index contributed by atoms with van der Waals surface area (Å²) in [6, 6.07) is 9.35. The van der Waals surface area contributed by atoms with Crippen LogP contribution < -0.4 is 0 Å². The number of benzene rings is 2. The van der Waals surface area contributed by atoms with Crippen LogP contribution >= 0.6 is 0 Å². The SMILES string of the molecule is Fc1ccc2cc(F)c[c]c2c1. The summed E-state index contributed by atoms with van der Waals surface area (Å²) in [5.41, 5.74) is 0. The minimum absolute atomic E-state index is 0.328. The van der Waals surface area contributed by atoms with Crippen LogP contribution in [0.2, 0.25) is 0 Å². The molecule has 59 valence electrons. The molecule has 0 aliphatic carbocycles. The van der Waals surface area contributed by atoms with Gasteiger partial charge in [-0.25, -0.2) is 8.78 Å². The highest BCUT2D eigenvalue weighted by Crippen LogP contribution is 2.15. The maximum atomic E-state index is 12.6. The normalized spacial score (nSPS) is 10.5. The Kier molecular flexibility index (Phi) is 1.54. The van der Waals surface area contributed by atoms with Crippen LogP contribution in [-0.2, 0) is 0 Å². The van der Waals surface area contributed by atoms with Crippen molar-refractivity contribution in [3.63, 3.8) is 0 Å². The van der Waals surface area contributed by atoms with Gasteiger partial charge in [-0.05, 0) is 41.1 Å². The molecule has 12 heavy (non-hydrogen) atoms. The molecule has 0 unspecified atom stereocenters. The molecule has 1 radical (unpaired) electrons. The molecule has 0 spiro atoms. The molecular weight excluding hydrogens is 158 g/mol. The van der Waals surface area contributed by atoms with E-state index >= 15 is 0 Å². The maximum absolute atomic E-state index is 12.6. The third-order valence-corrected chi connectivity index (χ3v) is 1.67. The van der Waals surface area contributed by atoms with Gasteiger partial charge in [-0.3, -0.25) is 0 Å². The van der Waals surface area contributed by atoms with Gasteiger partial charge < -0.3 is 0 Å². The van der Waals surface area contributed by atoms with Crippen molar-refractivity contribution in [2.75, 3.05) is 0 Å². The molecule has 0 fully saturated rings. The van der Waals surface area contributed by atoms with Crippen molar-refractivity contribution in [3.8, 4) is 0 Å². The summed E-state index contributed by atoms with van der Waals surface area (Å²) in [5, 5.41) is 1.26. The Morgan fingerprint density at radius 1 is 1.00 bits per heavy atom. The largest absolute Gasteiger partial charge is 0.207 e. The molecule has 2 aromatic carbocycles. The first-order valence-electron chi connectivity index (χ1n) is 3.52. The number of rotatable bonds is 0. The van der Waals surface area contributed by atoms with Crippen LogP contribution in [0.5, 0.6) is 0 Å². The van der Waals surface area contributed by atoms with Gasteiger partial charge in [0.1, 0.15) is 11.6 Å². The summed E-state index contributed by atoms with van der Waals surface area (Å²) in [7, 11) is 0. The fourth-order valence-corrected chi connectivity index (χ4v) is 1.12. The Bertz CT molecular complexity index is 380. The van der Waals surface area contributed by atoms with Gasteiger partial charge in [0.25, 0.3) is 0 Å². The zero-order valence-electron chi connectivity index (χ0n) is 6.14. The van der Waals surface area contributed by atoms with E-state index in [2.05, 4.69) is 6.07 Å². The lowest BCUT2D eigenvalue weighted by Crippen LogP contribution is -1.78. The van der Waals surface area contributed by atoms with E-state index in [-0.39, 0.29) is 11.6 Å². The standard InChI is InChI=1S/C10H5F2/c11-9-3-1-7-5-10(12)4-2-8(7)6-9/h1,3-6H. The molecule has 2 rings (SSSR count). The van der Waals surface area contributed by atoms with Crippen LogP contribution in [0, 0.1) is 17.7 Å². The quantitative estimate of drug-likeness (QED) is 0.560. The number of hydrogen-bond acceptors (Lipinski definition) is 0. The smallest absolute Gasteiger partial charge is 0.124 e. The van der Waals surface area contributed by atoms with E-state index in [1.165, 1.54) is 30.3 Å². The summed E-state index contributed by atoms with van der Waals surface area (Å²) in [5.74, 6) is -0.681. The van der Waals surface area contributed by atoms with Gasteiger partial charge >= 0.3 is 0 Å². The summed E-state index contributed by atoms with van der Waals surface area (Å²) < 4.78 is 25.2. The molecule has 0 aliphatic rings. The predicted molar refractivity (Wildman–Crippen MR) is 42.7 cm³/mol. The summed E-state index contributed by atoms with van der Waals surface area (Å²) >= 11 is 0. The number of fused-ring (bicyclic) bond motifs is 1. The molecule has 0 aromatic heterocycles. The molecule has 0 saturated heterocycles. The van der Waals surface area contributed by atoms with Crippen molar-refractivity contribution in [1.82, 2.24) is 0 Å². The first kappa shape index (κ1) is 7.22. The van der Waals surface area contributed by atoms with Gasteiger partial charge in [-0.1, -0.05) is 6.07 Å². The second-order valence-corrected chi connectivity index (χ2v) is 2.55. The first-order valence-corrected chi connectivity index (χ1v) is 3.52. The van der Waals surface area contributed by atoms with Crippen molar-refractivity contribution < 1.29 is 8.78 Å². The van der Waals surface area contributed by atoms with Crippen LogP contribution in [0.25, 0.3) is 10.8 Å². The summed E-state index contributed by atoms with van der Waals surface area (Å²) in [6.07, 6.45) is 0. The van der Waals surface area contributed by atoms with E-state index in [4.69, 9.17) is 0 Å². The predicted octanol–water partition coefficient (Wildman–Crippen LogP) is 2.92. The molecule has 0 saturated carbocycles. The third-order valence-electron chi connectivity index (χ3n) is 1.67. The van der Waals surface area contributed by atoms with E-state index in [0.717, 1.165) is 0 Å². The molecule has 2 aromatic rings. The molecule has 0 N–H and O–H groups in total. The monoisotopic (exact) mass is 163 g/mol. The Balaban J connectivity index is 2.79. The molecule has 0 amide bonds. The topological polar surface area (TPSA) is 0 Å².